The lowest BCUT2D eigenvalue weighted by atomic mass is 10.4. The summed E-state index contributed by atoms with van der Waals surface area (Å²) in [5, 5.41) is 15.9. The number of aliphatic hydroxyl groups excluding tert-OH is 1. The van der Waals surface area contributed by atoms with Crippen molar-refractivity contribution in [2.75, 3.05) is 6.61 Å². The Balaban J connectivity index is 3.37. The predicted octanol–water partition coefficient (Wildman–Crippen LogP) is -0.960. The Kier molecular flexibility index (Phi) is 3.83. The summed E-state index contributed by atoms with van der Waals surface area (Å²) in [6, 6.07) is 0. The lowest BCUT2D eigenvalue weighted by molar-refractivity contribution is -0.117. The van der Waals surface area contributed by atoms with Gasteiger partial charge in [-0.1, -0.05) is 0 Å². The zero-order valence-corrected chi connectivity index (χ0v) is 4.16. The molecule has 0 heterocycles. The van der Waals surface area contributed by atoms with Gasteiger partial charge in [0, 0.05) is 12.3 Å². The molecule has 0 atom stereocenters. The molecular formula is C4H7NO3. The average Bonchev–Trinajstić information content (AvgIpc) is 1.83. The fourth-order valence-corrected chi connectivity index (χ4v) is 0.183. The zero-order valence-electron chi connectivity index (χ0n) is 4.16. The number of hydrogen-bond donors (Lipinski definition) is 3. The number of hydroxylamine groups is 1. The molecule has 3 N–H and O–H groups in total. The second-order valence-corrected chi connectivity index (χ2v) is 1.09. The molecule has 0 rings (SSSR count). The highest BCUT2D eigenvalue weighted by atomic mass is 16.5. The normalized spacial score (nSPS) is 9.75. The maximum absolute atomic E-state index is 10.1. The molecule has 4 nitrogen and oxygen atoms in total. The van der Waals surface area contributed by atoms with E-state index in [0.717, 1.165) is 12.3 Å². The molecule has 4 heteroatoms. The summed E-state index contributed by atoms with van der Waals surface area (Å²) in [7, 11) is 0. The maximum atomic E-state index is 10.1. The van der Waals surface area contributed by atoms with E-state index in [4.69, 9.17) is 10.3 Å². The van der Waals surface area contributed by atoms with Gasteiger partial charge in [0.2, 0.25) is 0 Å². The number of hydrogen-bond acceptors (Lipinski definition) is 4. The van der Waals surface area contributed by atoms with Gasteiger partial charge in [-0.2, -0.15) is 0 Å². The van der Waals surface area contributed by atoms with Crippen LogP contribution in [0.2, 0.25) is 0 Å². The second-order valence-electron chi connectivity index (χ2n) is 1.09. The van der Waals surface area contributed by atoms with Gasteiger partial charge in [0.25, 0.3) is 0 Å². The largest absolute Gasteiger partial charge is 0.388 e. The van der Waals surface area contributed by atoms with E-state index in [9.17, 15) is 4.79 Å². The van der Waals surface area contributed by atoms with Crippen molar-refractivity contribution in [1.82, 2.24) is 5.48 Å². The molecule has 46 valence electrons. The Hall–Kier alpha value is -0.870. The molecular weight excluding hydrogens is 110 g/mol. The Morgan fingerprint density at radius 2 is 2.38 bits per heavy atom. The van der Waals surface area contributed by atoms with Crippen molar-refractivity contribution in [3.8, 4) is 0 Å². The predicted molar refractivity (Wildman–Crippen MR) is 26.2 cm³/mol. The minimum Gasteiger partial charge on any atom is -0.388 e. The summed E-state index contributed by atoms with van der Waals surface area (Å²) in [6.45, 7) is -0.530. The summed E-state index contributed by atoms with van der Waals surface area (Å²) in [5.74, 6) is -0.452. The molecule has 0 radical (unpaired) electrons. The topological polar surface area (TPSA) is 69.6 Å². The third kappa shape index (κ3) is 3.32. The molecule has 0 spiro atoms. The summed E-state index contributed by atoms with van der Waals surface area (Å²) < 4.78 is 0. The minimum absolute atomic E-state index is 0.452. The third-order valence-electron chi connectivity index (χ3n) is 0.500. The van der Waals surface area contributed by atoms with Gasteiger partial charge in [0.1, 0.15) is 6.61 Å². The maximum Gasteiger partial charge on any atom is 0.182 e. The first-order chi connectivity index (χ1) is 3.81. The lowest BCUT2D eigenvalue weighted by Gasteiger charge is -1.82. The van der Waals surface area contributed by atoms with E-state index in [1.165, 1.54) is 0 Å². The van der Waals surface area contributed by atoms with Crippen LogP contribution in [0, 0.1) is 0 Å². The summed E-state index contributed by atoms with van der Waals surface area (Å²) in [4.78, 5) is 10.1. The Bertz CT molecular complexity index is 99.5. The van der Waals surface area contributed by atoms with Gasteiger partial charge >= 0.3 is 0 Å². The van der Waals surface area contributed by atoms with Crippen molar-refractivity contribution in [2.24, 2.45) is 0 Å². The van der Waals surface area contributed by atoms with Crippen LogP contribution in [0.4, 0.5) is 0 Å². The highest BCUT2D eigenvalue weighted by Crippen LogP contribution is 1.69. The van der Waals surface area contributed by atoms with E-state index < -0.39 is 12.4 Å². The first-order valence-electron chi connectivity index (χ1n) is 2.01. The van der Waals surface area contributed by atoms with Crippen molar-refractivity contribution >= 4 is 5.78 Å². The van der Waals surface area contributed by atoms with Crippen LogP contribution >= 0.6 is 0 Å². The summed E-state index contributed by atoms with van der Waals surface area (Å²) >= 11 is 0. The number of nitrogens with one attached hydrogen (secondary N) is 1. The van der Waals surface area contributed by atoms with Crippen molar-refractivity contribution in [2.45, 2.75) is 0 Å². The van der Waals surface area contributed by atoms with E-state index in [1.807, 2.05) is 0 Å². The smallest absolute Gasteiger partial charge is 0.182 e. The van der Waals surface area contributed by atoms with Gasteiger partial charge in [-0.3, -0.25) is 15.5 Å². The lowest BCUT2D eigenvalue weighted by Crippen LogP contribution is -2.01. The number of aliphatic hydroxyl groups is 1. The molecule has 0 amide bonds. The molecule has 0 aromatic heterocycles. The number of carbonyl (C=O) groups excluding carboxylic acids is 1. The minimum atomic E-state index is -0.530. The number of ketones is 1. The van der Waals surface area contributed by atoms with Crippen LogP contribution in [0.3, 0.4) is 0 Å². The molecule has 0 aromatic carbocycles. The molecule has 0 aliphatic rings. The highest BCUT2D eigenvalue weighted by Gasteiger charge is 1.87. The number of carbonyl (C=O) groups is 1. The quantitative estimate of drug-likeness (QED) is 0.329. The van der Waals surface area contributed by atoms with Crippen LogP contribution in [0.1, 0.15) is 0 Å². The summed E-state index contributed by atoms with van der Waals surface area (Å²) in [6.07, 6.45) is 2.05. The van der Waals surface area contributed by atoms with E-state index in [-0.39, 0.29) is 0 Å². The van der Waals surface area contributed by atoms with Crippen LogP contribution in [0.25, 0.3) is 0 Å². The number of rotatable bonds is 3. The van der Waals surface area contributed by atoms with Crippen LogP contribution < -0.4 is 5.48 Å². The van der Waals surface area contributed by atoms with Crippen LogP contribution in [0.15, 0.2) is 12.3 Å². The standard InChI is InChI=1S/C4H7NO3/c6-3-4(7)1-2-5-8/h1-2,5-6,8H,3H2/b2-1-. The molecule has 0 aromatic rings. The van der Waals surface area contributed by atoms with E-state index in [2.05, 4.69) is 0 Å². The molecule has 0 aliphatic carbocycles. The Labute approximate surface area is 46.4 Å². The van der Waals surface area contributed by atoms with Crippen molar-refractivity contribution < 1.29 is 15.1 Å². The molecule has 8 heavy (non-hydrogen) atoms. The van der Waals surface area contributed by atoms with E-state index >= 15 is 0 Å². The first kappa shape index (κ1) is 7.13. The molecule has 0 aliphatic heterocycles. The van der Waals surface area contributed by atoms with Gasteiger partial charge in [-0.15, -0.1) is 0 Å². The SMILES string of the molecule is O=C(/C=C\NO)CO. The van der Waals surface area contributed by atoms with Gasteiger partial charge in [-0.25, -0.2) is 0 Å². The molecule has 0 unspecified atom stereocenters. The summed E-state index contributed by atoms with van der Waals surface area (Å²) in [5.41, 5.74) is 1.62. The Morgan fingerprint density at radius 1 is 1.75 bits per heavy atom. The average molecular weight is 117 g/mol. The fourth-order valence-electron chi connectivity index (χ4n) is 0.183. The van der Waals surface area contributed by atoms with Crippen molar-refractivity contribution in [3.05, 3.63) is 12.3 Å². The monoisotopic (exact) mass is 117 g/mol. The molecule has 0 fully saturated rings. The third-order valence-corrected chi connectivity index (χ3v) is 0.500. The van der Waals surface area contributed by atoms with E-state index in [1.54, 1.807) is 5.48 Å². The van der Waals surface area contributed by atoms with Crippen LogP contribution in [-0.2, 0) is 4.79 Å². The van der Waals surface area contributed by atoms with E-state index in [0.29, 0.717) is 0 Å². The Morgan fingerprint density at radius 3 is 2.75 bits per heavy atom. The van der Waals surface area contributed by atoms with Crippen LogP contribution in [-0.4, -0.2) is 22.7 Å². The van der Waals surface area contributed by atoms with Gasteiger partial charge in [0.15, 0.2) is 5.78 Å². The first-order valence-corrected chi connectivity index (χ1v) is 2.01. The zero-order chi connectivity index (χ0) is 6.41. The second kappa shape index (κ2) is 4.29. The van der Waals surface area contributed by atoms with Gasteiger partial charge in [-0.05, 0) is 0 Å². The van der Waals surface area contributed by atoms with Gasteiger partial charge < -0.3 is 5.11 Å². The molecule has 0 bridgehead atoms. The molecule has 0 saturated carbocycles. The van der Waals surface area contributed by atoms with Crippen LogP contribution in [0.5, 0.6) is 0 Å². The van der Waals surface area contributed by atoms with Crippen molar-refractivity contribution in [1.29, 1.82) is 0 Å². The van der Waals surface area contributed by atoms with Gasteiger partial charge in [0.05, 0.1) is 0 Å². The fraction of sp³-hybridized carbons (Fsp3) is 0.250. The molecule has 0 saturated heterocycles. The van der Waals surface area contributed by atoms with Crippen molar-refractivity contribution in [3.63, 3.8) is 0 Å². The highest BCUT2D eigenvalue weighted by molar-refractivity contribution is 5.90.